The Labute approximate surface area is 155 Å². The van der Waals surface area contributed by atoms with Gasteiger partial charge < -0.3 is 15.0 Å². The van der Waals surface area contributed by atoms with Gasteiger partial charge in [-0.2, -0.15) is 0 Å². The molecule has 0 radical (unpaired) electrons. The molecular formula is C21H27N3O2. The van der Waals surface area contributed by atoms with Crippen LogP contribution >= 0.6 is 0 Å². The van der Waals surface area contributed by atoms with Gasteiger partial charge in [0, 0.05) is 12.6 Å². The van der Waals surface area contributed by atoms with Gasteiger partial charge in [-0.05, 0) is 56.9 Å². The molecule has 1 unspecified atom stereocenters. The number of pyridine rings is 1. The molecule has 1 fully saturated rings. The SMILES string of the molecule is CCOc1ccccc1Nc1ccc(C(=O)N2CCCCC2CC)nc1. The third-order valence-electron chi connectivity index (χ3n) is 4.81. The van der Waals surface area contributed by atoms with E-state index >= 15 is 0 Å². The predicted octanol–water partition coefficient (Wildman–Crippen LogP) is 4.63. The van der Waals surface area contributed by atoms with E-state index in [9.17, 15) is 4.79 Å². The Morgan fingerprint density at radius 2 is 2.08 bits per heavy atom. The topological polar surface area (TPSA) is 54.5 Å². The first-order valence-electron chi connectivity index (χ1n) is 9.48. The number of nitrogens with zero attached hydrogens (tertiary/aromatic N) is 2. The number of nitrogens with one attached hydrogen (secondary N) is 1. The number of likely N-dealkylation sites (tertiary alicyclic amines) is 1. The smallest absolute Gasteiger partial charge is 0.272 e. The number of para-hydroxylation sites is 2. The number of amides is 1. The van der Waals surface area contributed by atoms with Crippen molar-refractivity contribution in [3.63, 3.8) is 0 Å². The van der Waals surface area contributed by atoms with E-state index in [1.807, 2.05) is 42.2 Å². The van der Waals surface area contributed by atoms with Gasteiger partial charge >= 0.3 is 0 Å². The minimum Gasteiger partial charge on any atom is -0.492 e. The van der Waals surface area contributed by atoms with Crippen molar-refractivity contribution < 1.29 is 9.53 Å². The van der Waals surface area contributed by atoms with Crippen LogP contribution in [0, 0.1) is 0 Å². The Bertz CT molecular complexity index is 730. The quantitative estimate of drug-likeness (QED) is 0.823. The lowest BCUT2D eigenvalue weighted by atomic mass is 9.99. The minimum absolute atomic E-state index is 0.0396. The maximum Gasteiger partial charge on any atom is 0.272 e. The van der Waals surface area contributed by atoms with Gasteiger partial charge in [-0.3, -0.25) is 4.79 Å². The summed E-state index contributed by atoms with van der Waals surface area (Å²) in [5, 5.41) is 3.31. The van der Waals surface area contributed by atoms with Gasteiger partial charge in [-0.15, -0.1) is 0 Å². The maximum atomic E-state index is 12.8. The van der Waals surface area contributed by atoms with Gasteiger partial charge in [0.15, 0.2) is 0 Å². The van der Waals surface area contributed by atoms with Crippen LogP contribution in [0.2, 0.25) is 0 Å². The third-order valence-corrected chi connectivity index (χ3v) is 4.81. The van der Waals surface area contributed by atoms with E-state index in [4.69, 9.17) is 4.74 Å². The molecule has 5 heteroatoms. The Kier molecular flexibility index (Phi) is 6.10. The van der Waals surface area contributed by atoms with Crippen molar-refractivity contribution >= 4 is 17.3 Å². The highest BCUT2D eigenvalue weighted by molar-refractivity contribution is 5.92. The Morgan fingerprint density at radius 3 is 2.81 bits per heavy atom. The van der Waals surface area contributed by atoms with Crippen LogP contribution in [0.3, 0.4) is 0 Å². The van der Waals surface area contributed by atoms with E-state index in [0.717, 1.165) is 42.9 Å². The normalized spacial score (nSPS) is 17.0. The molecule has 0 bridgehead atoms. The number of hydrogen-bond donors (Lipinski definition) is 1. The lowest BCUT2D eigenvalue weighted by Crippen LogP contribution is -2.43. The molecule has 26 heavy (non-hydrogen) atoms. The first-order chi connectivity index (χ1) is 12.7. The average molecular weight is 353 g/mol. The van der Waals surface area contributed by atoms with Crippen molar-refractivity contribution in [1.82, 2.24) is 9.88 Å². The summed E-state index contributed by atoms with van der Waals surface area (Å²) in [6.07, 6.45) is 6.09. The molecule has 2 heterocycles. The minimum atomic E-state index is 0.0396. The molecule has 0 spiro atoms. The van der Waals surface area contributed by atoms with Gasteiger partial charge in [0.05, 0.1) is 24.2 Å². The zero-order valence-electron chi connectivity index (χ0n) is 15.6. The van der Waals surface area contributed by atoms with Crippen LogP contribution < -0.4 is 10.1 Å². The number of hydrogen-bond acceptors (Lipinski definition) is 4. The fourth-order valence-corrected chi connectivity index (χ4v) is 3.44. The van der Waals surface area contributed by atoms with Crippen molar-refractivity contribution in [1.29, 1.82) is 0 Å². The second-order valence-corrected chi connectivity index (χ2v) is 6.54. The highest BCUT2D eigenvalue weighted by Gasteiger charge is 2.26. The van der Waals surface area contributed by atoms with Crippen LogP contribution in [0.1, 0.15) is 50.0 Å². The number of piperidine rings is 1. The average Bonchev–Trinajstić information content (AvgIpc) is 2.69. The number of ether oxygens (including phenoxy) is 1. The molecule has 1 atom stereocenters. The summed E-state index contributed by atoms with van der Waals surface area (Å²) in [6, 6.07) is 11.8. The second kappa shape index (κ2) is 8.70. The summed E-state index contributed by atoms with van der Waals surface area (Å²) in [6.45, 7) is 5.55. The first kappa shape index (κ1) is 18.2. The van der Waals surface area contributed by atoms with E-state index in [0.29, 0.717) is 18.3 Å². The molecule has 1 saturated heterocycles. The molecule has 0 saturated carbocycles. The van der Waals surface area contributed by atoms with E-state index in [2.05, 4.69) is 17.2 Å². The van der Waals surface area contributed by atoms with Crippen molar-refractivity contribution in [3.05, 3.63) is 48.3 Å². The Hall–Kier alpha value is -2.56. The van der Waals surface area contributed by atoms with Crippen LogP contribution in [0.5, 0.6) is 5.75 Å². The van der Waals surface area contributed by atoms with Gasteiger partial charge in [0.25, 0.3) is 5.91 Å². The molecule has 1 aliphatic rings. The van der Waals surface area contributed by atoms with Crippen molar-refractivity contribution in [2.24, 2.45) is 0 Å². The summed E-state index contributed by atoms with van der Waals surface area (Å²) in [5.74, 6) is 0.840. The van der Waals surface area contributed by atoms with Crippen LogP contribution in [-0.4, -0.2) is 35.0 Å². The van der Waals surface area contributed by atoms with E-state index < -0.39 is 0 Å². The number of carbonyl (C=O) groups is 1. The number of carbonyl (C=O) groups excluding carboxylic acids is 1. The Balaban J connectivity index is 1.71. The fourth-order valence-electron chi connectivity index (χ4n) is 3.44. The Morgan fingerprint density at radius 1 is 1.23 bits per heavy atom. The number of aromatic nitrogens is 1. The predicted molar refractivity (Wildman–Crippen MR) is 104 cm³/mol. The summed E-state index contributed by atoms with van der Waals surface area (Å²) in [4.78, 5) is 19.2. The number of anilines is 2. The van der Waals surface area contributed by atoms with Crippen molar-refractivity contribution in [2.75, 3.05) is 18.5 Å². The third kappa shape index (κ3) is 4.15. The number of benzene rings is 1. The standard InChI is InChI=1S/C21H27N3O2/c1-3-17-9-7-8-14-24(17)21(25)19-13-12-16(15-22-19)23-18-10-5-6-11-20(18)26-4-2/h5-6,10-13,15,17,23H,3-4,7-9,14H2,1-2H3. The highest BCUT2D eigenvalue weighted by atomic mass is 16.5. The lowest BCUT2D eigenvalue weighted by molar-refractivity contribution is 0.0602. The van der Waals surface area contributed by atoms with E-state index in [1.54, 1.807) is 12.3 Å². The van der Waals surface area contributed by atoms with Crippen molar-refractivity contribution in [2.45, 2.75) is 45.6 Å². The highest BCUT2D eigenvalue weighted by Crippen LogP contribution is 2.27. The van der Waals surface area contributed by atoms with Gasteiger partial charge in [0.2, 0.25) is 0 Å². The zero-order valence-corrected chi connectivity index (χ0v) is 15.6. The van der Waals surface area contributed by atoms with E-state index in [-0.39, 0.29) is 5.91 Å². The van der Waals surface area contributed by atoms with Crippen LogP contribution in [0.25, 0.3) is 0 Å². The molecule has 1 amide bonds. The lowest BCUT2D eigenvalue weighted by Gasteiger charge is -2.35. The molecule has 5 nitrogen and oxygen atoms in total. The van der Waals surface area contributed by atoms with Crippen molar-refractivity contribution in [3.8, 4) is 5.75 Å². The van der Waals surface area contributed by atoms with Gasteiger partial charge in [0.1, 0.15) is 11.4 Å². The van der Waals surface area contributed by atoms with E-state index in [1.165, 1.54) is 6.42 Å². The molecule has 138 valence electrons. The molecule has 1 aromatic heterocycles. The molecule has 2 aromatic rings. The van der Waals surface area contributed by atoms with Crippen LogP contribution in [0.15, 0.2) is 42.6 Å². The monoisotopic (exact) mass is 353 g/mol. The summed E-state index contributed by atoms with van der Waals surface area (Å²) >= 11 is 0. The summed E-state index contributed by atoms with van der Waals surface area (Å²) < 4.78 is 5.63. The molecule has 1 N–H and O–H groups in total. The second-order valence-electron chi connectivity index (χ2n) is 6.54. The molecular weight excluding hydrogens is 326 g/mol. The molecule has 3 rings (SSSR count). The molecule has 1 aromatic carbocycles. The molecule has 0 aliphatic carbocycles. The van der Waals surface area contributed by atoms with Gasteiger partial charge in [-0.25, -0.2) is 4.98 Å². The number of rotatable bonds is 6. The van der Waals surface area contributed by atoms with Gasteiger partial charge in [-0.1, -0.05) is 19.1 Å². The largest absolute Gasteiger partial charge is 0.492 e. The fraction of sp³-hybridized carbons (Fsp3) is 0.429. The molecule has 1 aliphatic heterocycles. The zero-order chi connectivity index (χ0) is 18.4. The van der Waals surface area contributed by atoms with Crippen LogP contribution in [-0.2, 0) is 0 Å². The van der Waals surface area contributed by atoms with Crippen LogP contribution in [0.4, 0.5) is 11.4 Å². The first-order valence-corrected chi connectivity index (χ1v) is 9.48. The summed E-state index contributed by atoms with van der Waals surface area (Å²) in [7, 11) is 0. The summed E-state index contributed by atoms with van der Waals surface area (Å²) in [5.41, 5.74) is 2.23. The maximum absolute atomic E-state index is 12.8.